The van der Waals surface area contributed by atoms with Crippen LogP contribution in [0.4, 0.5) is 0 Å². The van der Waals surface area contributed by atoms with E-state index in [0.717, 1.165) is 0 Å². The molecule has 4 heteroatoms. The molecule has 1 N–H and O–H groups in total. The summed E-state index contributed by atoms with van der Waals surface area (Å²) in [6, 6.07) is 6.61. The van der Waals surface area contributed by atoms with Crippen molar-refractivity contribution in [3.8, 4) is 5.75 Å². The molecule has 0 aliphatic heterocycles. The van der Waals surface area contributed by atoms with E-state index in [4.69, 9.17) is 4.74 Å². The molecule has 0 aliphatic rings. The van der Waals surface area contributed by atoms with E-state index >= 15 is 0 Å². The number of carbonyl (C=O) groups is 1. The monoisotopic (exact) mass is 238 g/mol. The zero-order chi connectivity index (χ0) is 12.9. The smallest absolute Gasteiger partial charge is 0.337 e. The maximum Gasteiger partial charge on any atom is 0.337 e. The van der Waals surface area contributed by atoms with E-state index in [-0.39, 0.29) is 12.6 Å². The molecular weight excluding hydrogens is 220 g/mol. The molecule has 0 amide bonds. The maximum atomic E-state index is 11.2. The van der Waals surface area contributed by atoms with Gasteiger partial charge in [-0.25, -0.2) is 4.79 Å². The van der Waals surface area contributed by atoms with Gasteiger partial charge in [-0.15, -0.1) is 0 Å². The Morgan fingerprint density at radius 2 is 1.94 bits per heavy atom. The van der Waals surface area contributed by atoms with Crippen LogP contribution in [0, 0.1) is 0 Å². The quantitative estimate of drug-likeness (QED) is 0.797. The van der Waals surface area contributed by atoms with Crippen molar-refractivity contribution in [2.75, 3.05) is 13.7 Å². The molecule has 0 saturated heterocycles. The highest BCUT2D eigenvalue weighted by atomic mass is 16.5. The van der Waals surface area contributed by atoms with Gasteiger partial charge in [0.1, 0.15) is 12.4 Å². The van der Waals surface area contributed by atoms with Gasteiger partial charge in [0.25, 0.3) is 0 Å². The summed E-state index contributed by atoms with van der Waals surface area (Å²) in [5, 5.41) is 9.77. The molecule has 4 nitrogen and oxygen atoms in total. The maximum absolute atomic E-state index is 11.2. The summed E-state index contributed by atoms with van der Waals surface area (Å²) >= 11 is 0. The first-order valence-corrected chi connectivity index (χ1v) is 5.52. The van der Waals surface area contributed by atoms with Crippen LogP contribution in [-0.4, -0.2) is 30.4 Å². The highest BCUT2D eigenvalue weighted by Gasteiger charge is 2.18. The van der Waals surface area contributed by atoms with E-state index in [2.05, 4.69) is 4.74 Å². The Hall–Kier alpha value is -1.55. The molecule has 0 aromatic heterocycles. The van der Waals surface area contributed by atoms with E-state index in [0.29, 0.717) is 17.7 Å². The minimum atomic E-state index is -0.832. The average molecular weight is 238 g/mol. The minimum Gasteiger partial charge on any atom is -0.491 e. The average Bonchev–Trinajstić information content (AvgIpc) is 2.36. The number of methoxy groups -OCH3 is 1. The van der Waals surface area contributed by atoms with Crippen molar-refractivity contribution in [1.82, 2.24) is 0 Å². The molecule has 17 heavy (non-hydrogen) atoms. The van der Waals surface area contributed by atoms with Crippen molar-refractivity contribution in [2.45, 2.75) is 25.9 Å². The molecule has 94 valence electrons. The van der Waals surface area contributed by atoms with Gasteiger partial charge >= 0.3 is 5.97 Å². The molecule has 0 bridgehead atoms. The summed E-state index contributed by atoms with van der Waals surface area (Å²) in [7, 11) is 1.34. The van der Waals surface area contributed by atoms with Gasteiger partial charge in [-0.1, -0.05) is 6.92 Å². The number of ether oxygens (including phenoxy) is 2. The Kier molecular flexibility index (Phi) is 4.52. The largest absolute Gasteiger partial charge is 0.491 e. The van der Waals surface area contributed by atoms with Gasteiger partial charge in [0.2, 0.25) is 0 Å². The van der Waals surface area contributed by atoms with E-state index in [1.54, 1.807) is 31.2 Å². The number of aliphatic hydroxyl groups is 1. The number of rotatable bonds is 5. The fourth-order valence-corrected chi connectivity index (χ4v) is 1.15. The summed E-state index contributed by atoms with van der Waals surface area (Å²) in [6.07, 6.45) is 0.618. The summed E-state index contributed by atoms with van der Waals surface area (Å²) in [5.74, 6) is 0.239. The summed E-state index contributed by atoms with van der Waals surface area (Å²) in [5.41, 5.74) is -0.358. The second-order valence-corrected chi connectivity index (χ2v) is 4.16. The minimum absolute atomic E-state index is 0.223. The van der Waals surface area contributed by atoms with Crippen LogP contribution < -0.4 is 4.74 Å². The Labute approximate surface area is 101 Å². The van der Waals surface area contributed by atoms with Crippen LogP contribution in [0.5, 0.6) is 5.75 Å². The lowest BCUT2D eigenvalue weighted by molar-refractivity contribution is 0.00844. The van der Waals surface area contributed by atoms with Crippen LogP contribution in [0.15, 0.2) is 24.3 Å². The lowest BCUT2D eigenvalue weighted by Crippen LogP contribution is -2.31. The fourth-order valence-electron chi connectivity index (χ4n) is 1.15. The van der Waals surface area contributed by atoms with Crippen LogP contribution in [0.3, 0.4) is 0 Å². The summed E-state index contributed by atoms with van der Waals surface area (Å²) in [6.45, 7) is 3.83. The normalized spacial score (nSPS) is 13.9. The van der Waals surface area contributed by atoms with Crippen molar-refractivity contribution in [3.05, 3.63) is 29.8 Å². The molecular formula is C13H18O4. The molecule has 0 radical (unpaired) electrons. The highest BCUT2D eigenvalue weighted by molar-refractivity contribution is 5.89. The Bertz CT molecular complexity index is 368. The van der Waals surface area contributed by atoms with Crippen molar-refractivity contribution in [3.63, 3.8) is 0 Å². The standard InChI is InChI=1S/C13H18O4/c1-4-13(2,15)9-17-11-7-5-10(6-8-11)12(14)16-3/h5-8,15H,4,9H2,1-3H3. The molecule has 0 heterocycles. The van der Waals surface area contributed by atoms with Gasteiger partial charge in [0.15, 0.2) is 0 Å². The van der Waals surface area contributed by atoms with Crippen molar-refractivity contribution in [2.24, 2.45) is 0 Å². The third-order valence-electron chi connectivity index (χ3n) is 2.59. The zero-order valence-electron chi connectivity index (χ0n) is 10.4. The third-order valence-corrected chi connectivity index (χ3v) is 2.59. The first-order valence-electron chi connectivity index (χ1n) is 5.52. The predicted molar refractivity (Wildman–Crippen MR) is 64.2 cm³/mol. The molecule has 1 aromatic carbocycles. The second-order valence-electron chi connectivity index (χ2n) is 4.16. The molecule has 0 fully saturated rings. The first-order chi connectivity index (χ1) is 7.98. The number of hydrogen-bond acceptors (Lipinski definition) is 4. The Morgan fingerprint density at radius 3 is 2.41 bits per heavy atom. The number of carbonyl (C=O) groups excluding carboxylic acids is 1. The van der Waals surface area contributed by atoms with Crippen LogP contribution in [-0.2, 0) is 4.74 Å². The lowest BCUT2D eigenvalue weighted by Gasteiger charge is -2.21. The van der Waals surface area contributed by atoms with Gasteiger partial charge < -0.3 is 14.6 Å². The van der Waals surface area contributed by atoms with E-state index in [1.165, 1.54) is 7.11 Å². The SMILES string of the molecule is CCC(C)(O)COc1ccc(C(=O)OC)cc1. The Balaban J connectivity index is 2.60. The van der Waals surface area contributed by atoms with Crippen molar-refractivity contribution >= 4 is 5.97 Å². The lowest BCUT2D eigenvalue weighted by atomic mass is 10.1. The van der Waals surface area contributed by atoms with Crippen molar-refractivity contribution < 1.29 is 19.4 Å². The van der Waals surface area contributed by atoms with Gasteiger partial charge in [-0.3, -0.25) is 0 Å². The van der Waals surface area contributed by atoms with Crippen LogP contribution >= 0.6 is 0 Å². The molecule has 0 aliphatic carbocycles. The molecule has 0 spiro atoms. The molecule has 1 rings (SSSR count). The van der Waals surface area contributed by atoms with Crippen LogP contribution in [0.1, 0.15) is 30.6 Å². The third kappa shape index (κ3) is 4.07. The van der Waals surface area contributed by atoms with Gasteiger partial charge in [-0.05, 0) is 37.6 Å². The summed E-state index contributed by atoms with van der Waals surface area (Å²) in [4.78, 5) is 11.2. The highest BCUT2D eigenvalue weighted by Crippen LogP contribution is 2.16. The van der Waals surface area contributed by atoms with Crippen molar-refractivity contribution in [1.29, 1.82) is 0 Å². The summed E-state index contributed by atoms with van der Waals surface area (Å²) < 4.78 is 10.0. The predicted octanol–water partition coefficient (Wildman–Crippen LogP) is 2.01. The van der Waals surface area contributed by atoms with Gasteiger partial charge in [0.05, 0.1) is 18.3 Å². The molecule has 1 atom stereocenters. The van der Waals surface area contributed by atoms with Gasteiger partial charge in [0, 0.05) is 0 Å². The zero-order valence-corrected chi connectivity index (χ0v) is 10.4. The van der Waals surface area contributed by atoms with E-state index in [1.807, 2.05) is 6.92 Å². The fraction of sp³-hybridized carbons (Fsp3) is 0.462. The van der Waals surface area contributed by atoms with E-state index < -0.39 is 5.60 Å². The van der Waals surface area contributed by atoms with Gasteiger partial charge in [-0.2, -0.15) is 0 Å². The van der Waals surface area contributed by atoms with Crippen LogP contribution in [0.25, 0.3) is 0 Å². The first kappa shape index (κ1) is 13.5. The molecule has 1 aromatic rings. The molecule has 0 saturated carbocycles. The molecule has 1 unspecified atom stereocenters. The number of esters is 1. The topological polar surface area (TPSA) is 55.8 Å². The second kappa shape index (κ2) is 5.68. The number of benzene rings is 1. The van der Waals surface area contributed by atoms with E-state index in [9.17, 15) is 9.90 Å². The Morgan fingerprint density at radius 1 is 1.35 bits per heavy atom. The van der Waals surface area contributed by atoms with Crippen LogP contribution in [0.2, 0.25) is 0 Å². The number of hydrogen-bond donors (Lipinski definition) is 1.